The van der Waals surface area contributed by atoms with Crippen LogP contribution < -0.4 is 5.32 Å². The highest BCUT2D eigenvalue weighted by Crippen LogP contribution is 2.28. The first kappa shape index (κ1) is 16.3. The summed E-state index contributed by atoms with van der Waals surface area (Å²) in [7, 11) is 0. The fourth-order valence-electron chi connectivity index (χ4n) is 2.32. The lowest BCUT2D eigenvalue weighted by molar-refractivity contribution is -0.120. The number of thiazole rings is 1. The summed E-state index contributed by atoms with van der Waals surface area (Å²) >= 11 is 1.58. The molecule has 0 radical (unpaired) electrons. The number of aryl methyl sites for hydroxylation is 2. The maximum absolute atomic E-state index is 12.2. The van der Waals surface area contributed by atoms with Crippen molar-refractivity contribution in [3.8, 4) is 10.6 Å². The second-order valence-electron chi connectivity index (χ2n) is 5.71. The van der Waals surface area contributed by atoms with Crippen LogP contribution in [0.15, 0.2) is 48.8 Å². The van der Waals surface area contributed by atoms with Crippen molar-refractivity contribution in [3.05, 3.63) is 70.5 Å². The molecule has 5 heteroatoms. The summed E-state index contributed by atoms with van der Waals surface area (Å²) in [6.45, 7) is 4.52. The van der Waals surface area contributed by atoms with Gasteiger partial charge in [0.15, 0.2) is 0 Å². The van der Waals surface area contributed by atoms with Gasteiger partial charge in [-0.3, -0.25) is 9.78 Å². The van der Waals surface area contributed by atoms with Crippen LogP contribution in [0.25, 0.3) is 10.6 Å². The number of nitrogens with zero attached hydrogens (tertiary/aromatic N) is 2. The maximum Gasteiger partial charge on any atom is 0.225 e. The van der Waals surface area contributed by atoms with Crippen molar-refractivity contribution in [3.63, 3.8) is 0 Å². The molecule has 1 N–H and O–H groups in total. The van der Waals surface area contributed by atoms with E-state index in [0.29, 0.717) is 13.0 Å². The average Bonchev–Trinajstić information content (AvgIpc) is 2.95. The van der Waals surface area contributed by atoms with Crippen LogP contribution in [0.3, 0.4) is 0 Å². The Labute approximate surface area is 145 Å². The van der Waals surface area contributed by atoms with Gasteiger partial charge in [-0.2, -0.15) is 0 Å². The number of nitrogens with one attached hydrogen (secondary N) is 1. The number of aromatic nitrogens is 2. The average molecular weight is 337 g/mol. The Bertz CT molecular complexity index is 826. The summed E-state index contributed by atoms with van der Waals surface area (Å²) in [5, 5.41) is 3.89. The third-order valence-corrected chi connectivity index (χ3v) is 4.93. The zero-order valence-corrected chi connectivity index (χ0v) is 14.6. The molecule has 0 fully saturated rings. The van der Waals surface area contributed by atoms with E-state index in [-0.39, 0.29) is 5.91 Å². The lowest BCUT2D eigenvalue weighted by Gasteiger charge is -2.04. The minimum Gasteiger partial charge on any atom is -0.352 e. The third-order valence-electron chi connectivity index (χ3n) is 3.72. The van der Waals surface area contributed by atoms with E-state index in [9.17, 15) is 4.79 Å². The first-order valence-corrected chi connectivity index (χ1v) is 8.62. The van der Waals surface area contributed by atoms with Crippen LogP contribution in [0.2, 0.25) is 0 Å². The molecular formula is C19H19N3OS. The van der Waals surface area contributed by atoms with Crippen LogP contribution in [-0.2, 0) is 17.8 Å². The Morgan fingerprint density at radius 1 is 1.17 bits per heavy atom. The van der Waals surface area contributed by atoms with Crippen LogP contribution in [-0.4, -0.2) is 15.9 Å². The van der Waals surface area contributed by atoms with Gasteiger partial charge in [0, 0.05) is 29.4 Å². The fraction of sp³-hybridized carbons (Fsp3) is 0.211. The van der Waals surface area contributed by atoms with Gasteiger partial charge in [0.25, 0.3) is 0 Å². The summed E-state index contributed by atoms with van der Waals surface area (Å²) in [4.78, 5) is 21.8. The predicted octanol–water partition coefficient (Wildman–Crippen LogP) is 3.68. The lowest BCUT2D eigenvalue weighted by atomic mass is 10.2. The van der Waals surface area contributed by atoms with E-state index >= 15 is 0 Å². The van der Waals surface area contributed by atoms with Crippen LogP contribution in [0, 0.1) is 13.8 Å². The van der Waals surface area contributed by atoms with E-state index in [1.807, 2.05) is 19.1 Å². The van der Waals surface area contributed by atoms with Gasteiger partial charge >= 0.3 is 0 Å². The molecule has 3 aromatic rings. The quantitative estimate of drug-likeness (QED) is 0.773. The Balaban J connectivity index is 1.65. The Morgan fingerprint density at radius 2 is 1.96 bits per heavy atom. The van der Waals surface area contributed by atoms with Crippen molar-refractivity contribution in [1.82, 2.24) is 15.3 Å². The first-order valence-electron chi connectivity index (χ1n) is 7.81. The van der Waals surface area contributed by atoms with E-state index in [0.717, 1.165) is 26.7 Å². The molecule has 0 saturated heterocycles. The smallest absolute Gasteiger partial charge is 0.225 e. The molecular weight excluding hydrogens is 318 g/mol. The molecule has 122 valence electrons. The SMILES string of the molecule is Cc1ccc(-c2nc(C)c(CC(=O)NCc3cccnc3)s2)cc1. The summed E-state index contributed by atoms with van der Waals surface area (Å²) in [5.41, 5.74) is 4.23. The summed E-state index contributed by atoms with van der Waals surface area (Å²) in [5.74, 6) is 0.000981. The van der Waals surface area contributed by atoms with Gasteiger partial charge in [-0.25, -0.2) is 4.98 Å². The minimum absolute atomic E-state index is 0.000981. The molecule has 0 aliphatic heterocycles. The number of pyridine rings is 1. The molecule has 0 bridgehead atoms. The Hall–Kier alpha value is -2.53. The van der Waals surface area contributed by atoms with Gasteiger partial charge in [-0.1, -0.05) is 35.9 Å². The van der Waals surface area contributed by atoms with Crippen molar-refractivity contribution >= 4 is 17.2 Å². The molecule has 3 rings (SSSR count). The third kappa shape index (κ3) is 4.06. The molecule has 0 unspecified atom stereocenters. The molecule has 0 aliphatic rings. The molecule has 2 heterocycles. The van der Waals surface area contributed by atoms with E-state index in [2.05, 4.69) is 46.5 Å². The van der Waals surface area contributed by atoms with Crippen molar-refractivity contribution in [2.24, 2.45) is 0 Å². The predicted molar refractivity (Wildman–Crippen MR) is 96.8 cm³/mol. The molecule has 0 atom stereocenters. The van der Waals surface area contributed by atoms with Gasteiger partial charge in [-0.05, 0) is 25.5 Å². The second kappa shape index (κ2) is 7.36. The van der Waals surface area contributed by atoms with E-state index in [1.165, 1.54) is 5.56 Å². The zero-order valence-electron chi connectivity index (χ0n) is 13.7. The van der Waals surface area contributed by atoms with Gasteiger partial charge in [-0.15, -0.1) is 11.3 Å². The summed E-state index contributed by atoms with van der Waals surface area (Å²) < 4.78 is 0. The largest absolute Gasteiger partial charge is 0.352 e. The molecule has 1 amide bonds. The van der Waals surface area contributed by atoms with E-state index < -0.39 is 0 Å². The number of carbonyl (C=O) groups excluding carboxylic acids is 1. The normalized spacial score (nSPS) is 10.6. The van der Waals surface area contributed by atoms with Gasteiger partial charge in [0.2, 0.25) is 5.91 Å². The number of rotatable bonds is 5. The van der Waals surface area contributed by atoms with Crippen LogP contribution in [0.1, 0.15) is 21.7 Å². The van der Waals surface area contributed by atoms with Crippen LogP contribution >= 0.6 is 11.3 Å². The van der Waals surface area contributed by atoms with E-state index in [1.54, 1.807) is 23.7 Å². The topological polar surface area (TPSA) is 54.9 Å². The minimum atomic E-state index is 0.000981. The standard InChI is InChI=1S/C19H19N3OS/c1-13-5-7-16(8-6-13)19-22-14(2)17(24-19)10-18(23)21-12-15-4-3-9-20-11-15/h3-9,11H,10,12H2,1-2H3,(H,21,23). The van der Waals surface area contributed by atoms with Crippen molar-refractivity contribution in [2.45, 2.75) is 26.8 Å². The maximum atomic E-state index is 12.2. The monoisotopic (exact) mass is 337 g/mol. The van der Waals surface area contributed by atoms with Gasteiger partial charge < -0.3 is 5.32 Å². The highest BCUT2D eigenvalue weighted by Gasteiger charge is 2.13. The Morgan fingerprint density at radius 3 is 2.67 bits per heavy atom. The molecule has 0 aliphatic carbocycles. The van der Waals surface area contributed by atoms with Crippen molar-refractivity contribution < 1.29 is 4.79 Å². The first-order chi connectivity index (χ1) is 11.6. The molecule has 1 aromatic carbocycles. The van der Waals surface area contributed by atoms with Crippen LogP contribution in [0.4, 0.5) is 0 Å². The van der Waals surface area contributed by atoms with Gasteiger partial charge in [0.1, 0.15) is 5.01 Å². The van der Waals surface area contributed by atoms with E-state index in [4.69, 9.17) is 0 Å². The fourth-order valence-corrected chi connectivity index (χ4v) is 3.39. The Kier molecular flexibility index (Phi) is 5.01. The zero-order chi connectivity index (χ0) is 16.9. The summed E-state index contributed by atoms with van der Waals surface area (Å²) in [6.07, 6.45) is 3.84. The number of hydrogen-bond donors (Lipinski definition) is 1. The van der Waals surface area contributed by atoms with Crippen molar-refractivity contribution in [2.75, 3.05) is 0 Å². The highest BCUT2D eigenvalue weighted by molar-refractivity contribution is 7.15. The second-order valence-corrected chi connectivity index (χ2v) is 6.79. The van der Waals surface area contributed by atoms with Gasteiger partial charge in [0.05, 0.1) is 12.1 Å². The molecule has 2 aromatic heterocycles. The molecule has 24 heavy (non-hydrogen) atoms. The molecule has 0 spiro atoms. The highest BCUT2D eigenvalue weighted by atomic mass is 32.1. The number of hydrogen-bond acceptors (Lipinski definition) is 4. The number of amides is 1. The number of carbonyl (C=O) groups is 1. The lowest BCUT2D eigenvalue weighted by Crippen LogP contribution is -2.24. The van der Waals surface area contributed by atoms with Crippen LogP contribution in [0.5, 0.6) is 0 Å². The molecule has 4 nitrogen and oxygen atoms in total. The number of benzene rings is 1. The molecule has 0 saturated carbocycles. The summed E-state index contributed by atoms with van der Waals surface area (Å²) in [6, 6.07) is 12.1. The van der Waals surface area contributed by atoms with Crippen molar-refractivity contribution in [1.29, 1.82) is 0 Å².